The van der Waals surface area contributed by atoms with Crippen LogP contribution in [-0.4, -0.2) is 22.9 Å². The molecule has 0 spiro atoms. The maximum atomic E-state index is 10.2. The summed E-state index contributed by atoms with van der Waals surface area (Å²) in [6.45, 7) is 0. The van der Waals surface area contributed by atoms with Gasteiger partial charge in [0.15, 0.2) is 5.13 Å². The number of halogens is 96. The van der Waals surface area contributed by atoms with Crippen LogP contribution < -0.4 is 5.73 Å². The van der Waals surface area contributed by atoms with Crippen molar-refractivity contribution < 1.29 is 444 Å². The molecule has 0 amide bonds. The van der Waals surface area contributed by atoms with Gasteiger partial charge in [-0.2, -0.15) is 0 Å². The van der Waals surface area contributed by atoms with E-state index in [1.54, 1.807) is 11.3 Å². The van der Waals surface area contributed by atoms with Gasteiger partial charge in [-0.1, -0.05) is 91.0 Å². The fraction of sp³-hybridized carbons (Fsp3) is 0.258. The first kappa shape index (κ1) is 318. The van der Waals surface area contributed by atoms with Crippen molar-refractivity contribution in [3.05, 3.63) is 119 Å². The third-order valence-corrected chi connectivity index (χ3v) is 6.61. The van der Waals surface area contributed by atoms with Gasteiger partial charge in [-0.05, 0) is 55.2 Å². The average Bonchev–Trinajstić information content (AvgIpc) is 1.78. The monoisotopic (exact) mass is 2340 g/mol. The van der Waals surface area contributed by atoms with Crippen LogP contribution in [0.1, 0.15) is 40.8 Å². The Kier molecular flexibility index (Phi) is 3410. The van der Waals surface area contributed by atoms with Gasteiger partial charge >= 0.3 is 0 Å². The normalized spacial score (nSPS) is 5.14. The maximum Gasteiger partial charge on any atom is 0.180 e. The highest BCUT2D eigenvalue weighted by Gasteiger charge is 2.02. The molecule has 2 N–H and O–H groups in total. The highest BCUT2D eigenvalue weighted by atomic mass is 35.5. The summed E-state index contributed by atoms with van der Waals surface area (Å²) in [6.07, 6.45) is 9.95. The lowest BCUT2D eigenvalue weighted by Gasteiger charge is -2.00. The Balaban J connectivity index is -0.0000000128. The fourth-order valence-corrected chi connectivity index (χ4v) is 4.19. The first-order valence-electron chi connectivity index (χ1n) is 19.2. The number of nitrogens with zero attached hydrogens (tertiary/aromatic N) is 1. The number of hydrogen-bond acceptors (Lipinski definition) is 5. The van der Waals surface area contributed by atoms with Crippen molar-refractivity contribution in [1.29, 1.82) is 0 Å². The summed E-state index contributed by atoms with van der Waals surface area (Å²) in [6, 6.07) is 30.7. The molecular weight excluding hydrogens is 2300 g/mol. The van der Waals surface area contributed by atoms with E-state index in [1.165, 1.54) is 21.6 Å². The van der Waals surface area contributed by atoms with Gasteiger partial charge < -0.3 is 15.3 Å². The first-order valence-corrected chi connectivity index (χ1v) is 20.4. The van der Waals surface area contributed by atoms with Crippen LogP contribution in [0, 0.1) is 0 Å². The quantitative estimate of drug-likeness (QED) is 0.0703. The second kappa shape index (κ2) is 1420. The minimum absolute atomic E-state index is 0. The van der Waals surface area contributed by atoms with Crippen molar-refractivity contribution in [3.63, 3.8) is 0 Å². The molecule has 1 aromatic heterocycles. The molecule has 132 heavy (non-hydrogen) atoms. The summed E-state index contributed by atoms with van der Waals surface area (Å²) in [4.78, 5) is 25.5. The lowest BCUT2D eigenvalue weighted by atomic mass is 10.1. The van der Waals surface area contributed by atoms with Gasteiger partial charge in [0.05, 0.1) is 5.38 Å². The standard InChI is InChI=1S/C11H12N2S.C10H11ClO.C10H12O.47F2.FH/c12-11-13-8-10(14-11)7-6-9-4-2-1-3-5-9;11-10(8-12)7-6-9-4-2-1-3-5-9;11-9-5-4-8-10-6-2-1-3-7-10;47*1-2;/h1-5,8H,6-7H2,(H2,12,13);1-5,8,10H,6-7H2;1-3,6-7,9H,4-5,8H2;;;;;;;;;;;;;;;;;;;;;;;;;;;;;;;;;;;;;;;;;;;;;;;;1H. The number of aryl methyl sites for hydroxylation is 4. The Morgan fingerprint density at radius 3 is 0.508 bits per heavy atom. The molecule has 0 fully saturated rings. The Morgan fingerprint density at radius 1 is 0.235 bits per heavy atom. The zero-order valence-electron chi connectivity index (χ0n) is 57.0. The van der Waals surface area contributed by atoms with Crippen LogP contribution in [0.25, 0.3) is 0 Å². The van der Waals surface area contributed by atoms with E-state index in [-0.39, 0.29) is 10.1 Å². The predicted octanol–water partition coefficient (Wildman–Crippen LogP) is 46.8. The molecule has 0 saturated heterocycles. The molecule has 4 nitrogen and oxygen atoms in total. The summed E-state index contributed by atoms with van der Waals surface area (Å²) < 4.78 is 752. The molecule has 1 heterocycles. The summed E-state index contributed by atoms with van der Waals surface area (Å²) in [7, 11) is 0. The van der Waals surface area contributed by atoms with E-state index in [9.17, 15) is 9.59 Å². The van der Waals surface area contributed by atoms with Crippen molar-refractivity contribution in [3.8, 4) is 0 Å². The third kappa shape index (κ3) is 1060. The van der Waals surface area contributed by atoms with Crippen LogP contribution in [0.2, 0.25) is 0 Å². The molecule has 4 aromatic rings. The molecular formula is C31H36ClF95N2O2S. The van der Waals surface area contributed by atoms with Crippen LogP contribution >= 0.6 is 22.9 Å². The fourth-order valence-electron chi connectivity index (χ4n) is 3.40. The predicted molar refractivity (Wildman–Crippen MR) is 263 cm³/mol. The maximum absolute atomic E-state index is 10.2. The topological polar surface area (TPSA) is 73.0 Å². The number of benzene rings is 3. The van der Waals surface area contributed by atoms with E-state index >= 15 is 0 Å². The van der Waals surface area contributed by atoms with E-state index < -0.39 is 0 Å². The highest BCUT2D eigenvalue weighted by molar-refractivity contribution is 7.15. The van der Waals surface area contributed by atoms with Gasteiger partial charge in [-0.25, -0.2) is 4.98 Å². The molecule has 0 bridgehead atoms. The highest BCUT2D eigenvalue weighted by Crippen LogP contribution is 2.16. The Hall–Kier alpha value is -9.93. The van der Waals surface area contributed by atoms with E-state index in [1.807, 2.05) is 60.8 Å². The largest absolute Gasteiger partial charge is 0.375 e. The lowest BCUT2D eigenvalue weighted by molar-refractivity contribution is -0.108. The summed E-state index contributed by atoms with van der Waals surface area (Å²) in [5.41, 5.74) is 9.46. The van der Waals surface area contributed by atoms with E-state index in [0.717, 1.165) is 51.1 Å². The zero-order valence-corrected chi connectivity index (χ0v) is 58.6. The average molecular weight is 2340 g/mol. The first-order chi connectivity index (χ1) is 65.1. The number of carbonyl (C=O) groups is 2. The van der Waals surface area contributed by atoms with Gasteiger partial charge in [0.25, 0.3) is 0 Å². The van der Waals surface area contributed by atoms with Gasteiger partial charge in [0.2, 0.25) is 0 Å². The van der Waals surface area contributed by atoms with Gasteiger partial charge in [-0.3, -0.25) is 4.70 Å². The van der Waals surface area contributed by atoms with Gasteiger partial charge in [-0.15, -0.1) is 22.9 Å². The number of hydrogen-bond donors (Lipinski definition) is 1. The van der Waals surface area contributed by atoms with Crippen molar-refractivity contribution in [2.24, 2.45) is 0 Å². The smallest absolute Gasteiger partial charge is 0.180 e. The molecule has 0 aliphatic carbocycles. The van der Waals surface area contributed by atoms with E-state index in [4.69, 9.17) is 447 Å². The number of nitrogens with two attached hydrogens (primary N) is 1. The van der Waals surface area contributed by atoms with Crippen molar-refractivity contribution >= 4 is 40.6 Å². The number of anilines is 1. The van der Waals surface area contributed by atoms with Crippen molar-refractivity contribution in [2.75, 3.05) is 5.73 Å². The van der Waals surface area contributed by atoms with Gasteiger partial charge in [0, 0.05) is 447 Å². The van der Waals surface area contributed by atoms with Crippen LogP contribution in [0.4, 0.5) is 440 Å². The Labute approximate surface area is 666 Å². The van der Waals surface area contributed by atoms with Gasteiger partial charge in [0.1, 0.15) is 12.6 Å². The molecule has 0 saturated carbocycles. The SMILES string of the molecule is F.FF.FF.FF.FF.FF.FF.FF.FF.FF.FF.FF.FF.FF.FF.FF.FF.FF.FF.FF.FF.FF.FF.FF.FF.FF.FF.FF.FF.FF.FF.FF.FF.FF.FF.FF.FF.FF.FF.FF.FF.FF.FF.FF.FF.FF.FF.FF.Nc1ncc(CCc2ccccc2)s1.O=CC(Cl)CCc1ccccc1.O=CCCCc1ccccc1. The van der Waals surface area contributed by atoms with Crippen LogP contribution in [0.5, 0.6) is 0 Å². The number of rotatable bonds is 11. The van der Waals surface area contributed by atoms with E-state index in [0.29, 0.717) is 11.6 Å². The van der Waals surface area contributed by atoms with Crippen LogP contribution in [0.15, 0.2) is 97.2 Å². The third-order valence-electron chi connectivity index (χ3n) is 5.40. The number of aromatic nitrogens is 1. The van der Waals surface area contributed by atoms with Crippen LogP contribution in [0.3, 0.4) is 0 Å². The molecule has 0 aliphatic heterocycles. The molecule has 0 aliphatic rings. The number of unbranched alkanes of at least 4 members (excludes halogenated alkanes) is 1. The lowest BCUT2D eigenvalue weighted by Crippen LogP contribution is -2.01. The number of thiazole rings is 1. The molecule has 1 unspecified atom stereocenters. The number of nitrogen functional groups attached to an aromatic ring is 1. The second-order valence-electron chi connectivity index (χ2n) is 8.37. The molecule has 1 atom stereocenters. The molecule has 3 aromatic carbocycles. The Morgan fingerprint density at radius 2 is 0.379 bits per heavy atom. The molecule has 860 valence electrons. The minimum Gasteiger partial charge on any atom is -0.375 e. The van der Waals surface area contributed by atoms with Crippen molar-refractivity contribution in [2.45, 2.75) is 50.3 Å². The Bertz CT molecular complexity index is 1230. The van der Waals surface area contributed by atoms with E-state index in [2.05, 4.69) is 41.4 Å². The summed E-state index contributed by atoms with van der Waals surface area (Å²) >= 11 is 7.22. The molecule has 101 heteroatoms. The van der Waals surface area contributed by atoms with Crippen LogP contribution in [-0.2, 0) is 35.3 Å². The number of aldehydes is 2. The summed E-state index contributed by atoms with van der Waals surface area (Å²) in [5, 5.41) is 0.318. The second-order valence-corrected chi connectivity index (χ2v) is 10.1. The molecule has 4 rings (SSSR count). The molecule has 0 radical (unpaired) electrons. The zero-order chi connectivity index (χ0) is 121. The van der Waals surface area contributed by atoms with Crippen molar-refractivity contribution in [1.82, 2.24) is 4.98 Å². The number of carbonyl (C=O) groups excluding carboxylic acids is 2. The minimum atomic E-state index is -0.342. The number of alkyl halides is 1. The summed E-state index contributed by atoms with van der Waals surface area (Å²) in [5.74, 6) is 0.